The minimum absolute atomic E-state index is 0.183. The average molecular weight is 479 g/mol. The number of nitrogens with one attached hydrogen (secondary N) is 1. The molecule has 2 aromatic carbocycles. The number of para-hydroxylation sites is 1. The van der Waals surface area contributed by atoms with Gasteiger partial charge < -0.3 is 5.11 Å². The summed E-state index contributed by atoms with van der Waals surface area (Å²) in [5, 5.41) is 28.1. The van der Waals surface area contributed by atoms with Crippen LogP contribution in [0.15, 0.2) is 52.9 Å². The van der Waals surface area contributed by atoms with E-state index in [9.17, 15) is 20.0 Å². The number of carboxylic acid groups (broad SMARTS) is 1. The highest BCUT2D eigenvalue weighted by molar-refractivity contribution is 7.14. The maximum Gasteiger partial charge on any atom is 0.352 e. The first-order valence-electron chi connectivity index (χ1n) is 8.83. The van der Waals surface area contributed by atoms with Crippen molar-refractivity contribution in [2.45, 2.75) is 19.3 Å². The molecule has 1 heterocycles. The molecule has 160 valence electrons. The molecule has 0 unspecified atom stereocenters. The summed E-state index contributed by atoms with van der Waals surface area (Å²) in [5.41, 5.74) is 2.49. The number of thiazole rings is 1. The van der Waals surface area contributed by atoms with Crippen LogP contribution in [-0.4, -0.2) is 26.7 Å². The van der Waals surface area contributed by atoms with Gasteiger partial charge in [-0.2, -0.15) is 5.10 Å². The average Bonchev–Trinajstić information content (AvgIpc) is 3.18. The molecule has 1 aromatic heterocycles. The molecule has 0 fully saturated rings. The third-order valence-corrected chi connectivity index (χ3v) is 6.04. The number of nitrogens with zero attached hydrogens (tertiary/aromatic N) is 3. The number of carbonyl (C=O) groups is 1. The monoisotopic (exact) mass is 478 g/mol. The normalized spacial score (nSPS) is 11.9. The van der Waals surface area contributed by atoms with E-state index in [2.05, 4.69) is 15.5 Å². The van der Waals surface area contributed by atoms with Crippen LogP contribution >= 0.6 is 34.5 Å². The van der Waals surface area contributed by atoms with Crippen molar-refractivity contribution in [3.63, 3.8) is 0 Å². The first kappa shape index (κ1) is 22.7. The summed E-state index contributed by atoms with van der Waals surface area (Å²) in [4.78, 5) is 27.2. The molecule has 0 amide bonds. The first-order chi connectivity index (χ1) is 14.6. The number of nitro groups is 1. The second-order valence-electron chi connectivity index (χ2n) is 6.94. The van der Waals surface area contributed by atoms with Gasteiger partial charge in [0.05, 0.1) is 20.7 Å². The standard InChI is InChI=1S/C20H16Cl2N4O4S/c1-20(2,12-5-3-4-6-16(12)26(29)30)17(18(27)28)24-25-19-23-15(10-31-19)11-7-8-13(21)14(22)9-11/h3-10H,1-2H3,(H,23,25)(H,27,28)/b24-17-. The Bertz CT molecular complexity index is 1190. The third kappa shape index (κ3) is 4.84. The minimum Gasteiger partial charge on any atom is -0.477 e. The van der Waals surface area contributed by atoms with E-state index in [4.69, 9.17) is 23.2 Å². The van der Waals surface area contributed by atoms with Crippen LogP contribution < -0.4 is 5.43 Å². The van der Waals surface area contributed by atoms with Gasteiger partial charge in [0.2, 0.25) is 5.13 Å². The summed E-state index contributed by atoms with van der Waals surface area (Å²) in [6.07, 6.45) is 0. The zero-order valence-corrected chi connectivity index (χ0v) is 18.6. The van der Waals surface area contributed by atoms with Gasteiger partial charge in [0.25, 0.3) is 5.69 Å². The Kier molecular flexibility index (Phi) is 6.59. The summed E-state index contributed by atoms with van der Waals surface area (Å²) in [6.45, 7) is 3.12. The quantitative estimate of drug-likeness (QED) is 0.249. The van der Waals surface area contributed by atoms with Gasteiger partial charge >= 0.3 is 5.97 Å². The second-order valence-corrected chi connectivity index (χ2v) is 8.62. The number of hydrogen-bond acceptors (Lipinski definition) is 7. The Morgan fingerprint density at radius 2 is 1.94 bits per heavy atom. The smallest absolute Gasteiger partial charge is 0.352 e. The lowest BCUT2D eigenvalue weighted by atomic mass is 9.79. The highest BCUT2D eigenvalue weighted by Gasteiger charge is 2.37. The van der Waals surface area contributed by atoms with E-state index >= 15 is 0 Å². The van der Waals surface area contributed by atoms with Crippen LogP contribution in [0.3, 0.4) is 0 Å². The SMILES string of the molecule is CC(C)(/C(=N\Nc1nc(-c2ccc(Cl)c(Cl)c2)cs1)C(=O)O)c1ccccc1[N+](=O)[O-]. The van der Waals surface area contributed by atoms with Crippen molar-refractivity contribution in [2.75, 3.05) is 5.43 Å². The predicted molar refractivity (Wildman–Crippen MR) is 122 cm³/mol. The lowest BCUT2D eigenvalue weighted by molar-refractivity contribution is -0.385. The molecule has 11 heteroatoms. The molecule has 0 saturated heterocycles. The Morgan fingerprint density at radius 3 is 2.58 bits per heavy atom. The van der Waals surface area contributed by atoms with Crippen LogP contribution in [-0.2, 0) is 10.2 Å². The topological polar surface area (TPSA) is 118 Å². The van der Waals surface area contributed by atoms with Crippen LogP contribution in [0.25, 0.3) is 11.3 Å². The molecule has 3 aromatic rings. The number of rotatable bonds is 7. The summed E-state index contributed by atoms with van der Waals surface area (Å²) in [7, 11) is 0. The van der Waals surface area contributed by atoms with Crippen molar-refractivity contribution in [1.29, 1.82) is 0 Å². The molecular weight excluding hydrogens is 463 g/mol. The fourth-order valence-corrected chi connectivity index (χ4v) is 3.92. The van der Waals surface area contributed by atoms with E-state index in [0.29, 0.717) is 20.9 Å². The molecule has 3 rings (SSSR count). The maximum atomic E-state index is 11.9. The molecule has 0 spiro atoms. The Morgan fingerprint density at radius 1 is 1.23 bits per heavy atom. The lowest BCUT2D eigenvalue weighted by Crippen LogP contribution is -2.36. The number of aromatic nitrogens is 1. The molecule has 0 saturated carbocycles. The fraction of sp³-hybridized carbons (Fsp3) is 0.150. The largest absolute Gasteiger partial charge is 0.477 e. The van der Waals surface area contributed by atoms with Crippen molar-refractivity contribution in [3.05, 3.63) is 73.6 Å². The maximum absolute atomic E-state index is 11.9. The van der Waals surface area contributed by atoms with Crippen molar-refractivity contribution in [2.24, 2.45) is 5.10 Å². The first-order valence-corrected chi connectivity index (χ1v) is 10.5. The van der Waals surface area contributed by atoms with Gasteiger partial charge in [-0.05, 0) is 26.0 Å². The minimum atomic E-state index is -1.31. The van der Waals surface area contributed by atoms with E-state index in [1.54, 1.807) is 43.5 Å². The molecule has 0 aliphatic heterocycles. The highest BCUT2D eigenvalue weighted by atomic mass is 35.5. The Hall–Kier alpha value is -3.01. The Balaban J connectivity index is 1.92. The molecule has 8 nitrogen and oxygen atoms in total. The van der Waals surface area contributed by atoms with E-state index in [0.717, 1.165) is 5.56 Å². The number of benzene rings is 2. The second kappa shape index (κ2) is 9.01. The van der Waals surface area contributed by atoms with Gasteiger partial charge in [-0.1, -0.05) is 47.5 Å². The zero-order chi connectivity index (χ0) is 22.8. The molecule has 0 radical (unpaired) electrons. The Labute approximate surface area is 191 Å². The summed E-state index contributed by atoms with van der Waals surface area (Å²) in [5.74, 6) is -1.31. The van der Waals surface area contributed by atoms with Gasteiger partial charge in [0.15, 0.2) is 5.71 Å². The number of halogens is 2. The number of hydrazone groups is 1. The lowest BCUT2D eigenvalue weighted by Gasteiger charge is -2.24. The predicted octanol–water partition coefficient (Wildman–Crippen LogP) is 5.86. The van der Waals surface area contributed by atoms with Crippen molar-refractivity contribution >= 4 is 57.0 Å². The number of carboxylic acids is 1. The van der Waals surface area contributed by atoms with Crippen molar-refractivity contribution in [3.8, 4) is 11.3 Å². The van der Waals surface area contributed by atoms with Crippen molar-refractivity contribution < 1.29 is 14.8 Å². The van der Waals surface area contributed by atoms with E-state index in [1.807, 2.05) is 0 Å². The molecule has 0 aliphatic rings. The van der Waals surface area contributed by atoms with Crippen LogP contribution in [0, 0.1) is 10.1 Å². The molecule has 0 bridgehead atoms. The fourth-order valence-electron chi connectivity index (χ4n) is 2.96. The van der Waals surface area contributed by atoms with E-state index in [1.165, 1.54) is 29.5 Å². The van der Waals surface area contributed by atoms with Crippen LogP contribution in [0.5, 0.6) is 0 Å². The van der Waals surface area contributed by atoms with E-state index < -0.39 is 16.3 Å². The van der Waals surface area contributed by atoms with Crippen LogP contribution in [0.1, 0.15) is 19.4 Å². The highest BCUT2D eigenvalue weighted by Crippen LogP contribution is 2.34. The summed E-state index contributed by atoms with van der Waals surface area (Å²) in [6, 6.07) is 11.1. The van der Waals surface area contributed by atoms with Crippen molar-refractivity contribution in [1.82, 2.24) is 4.98 Å². The number of nitro benzene ring substituents is 1. The van der Waals surface area contributed by atoms with E-state index in [-0.39, 0.29) is 17.0 Å². The van der Waals surface area contributed by atoms with Crippen LogP contribution in [0.2, 0.25) is 10.0 Å². The molecule has 31 heavy (non-hydrogen) atoms. The van der Waals surface area contributed by atoms with Crippen LogP contribution in [0.4, 0.5) is 10.8 Å². The number of aliphatic carboxylic acids is 1. The molecule has 2 N–H and O–H groups in total. The van der Waals surface area contributed by atoms with Gasteiger partial charge in [-0.15, -0.1) is 11.3 Å². The summed E-state index contributed by atoms with van der Waals surface area (Å²) >= 11 is 13.2. The number of anilines is 1. The zero-order valence-electron chi connectivity index (χ0n) is 16.3. The molecule has 0 atom stereocenters. The third-order valence-electron chi connectivity index (χ3n) is 4.55. The molecule has 0 aliphatic carbocycles. The van der Waals surface area contributed by atoms with Gasteiger partial charge in [-0.3, -0.25) is 15.5 Å². The van der Waals surface area contributed by atoms with Gasteiger partial charge in [0, 0.05) is 28.0 Å². The number of hydrogen-bond donors (Lipinski definition) is 2. The van der Waals surface area contributed by atoms with Gasteiger partial charge in [-0.25, -0.2) is 9.78 Å². The molecular formula is C20H16Cl2N4O4S. The van der Waals surface area contributed by atoms with Gasteiger partial charge in [0.1, 0.15) is 0 Å². The summed E-state index contributed by atoms with van der Waals surface area (Å²) < 4.78 is 0.